The molecule has 0 amide bonds. The van der Waals surface area contributed by atoms with Gasteiger partial charge in [0.2, 0.25) is 0 Å². The third kappa shape index (κ3) is 3.96. The molecule has 2 heterocycles. The lowest BCUT2D eigenvalue weighted by Crippen LogP contribution is -2.43. The van der Waals surface area contributed by atoms with Crippen LogP contribution < -0.4 is 5.32 Å². The Morgan fingerprint density at radius 1 is 1.28 bits per heavy atom. The zero-order valence-corrected chi connectivity index (χ0v) is 11.5. The molecule has 0 aromatic carbocycles. The van der Waals surface area contributed by atoms with E-state index in [9.17, 15) is 0 Å². The smallest absolute Gasteiger partial charge is 0.126 e. The molecule has 1 N–H and O–H groups in total. The minimum absolute atomic E-state index is 0.991. The molecule has 4 heteroatoms. The third-order valence-corrected chi connectivity index (χ3v) is 3.38. The molecule has 1 aliphatic heterocycles. The number of nitrogens with one attached hydrogen (secondary N) is 1. The quantitative estimate of drug-likeness (QED) is 0.858. The molecule has 0 atom stereocenters. The second-order valence-electron chi connectivity index (χ2n) is 5.06. The number of anilines is 1. The van der Waals surface area contributed by atoms with Crippen LogP contribution in [0.2, 0.25) is 0 Å². The van der Waals surface area contributed by atoms with Crippen molar-refractivity contribution in [2.75, 3.05) is 45.1 Å². The van der Waals surface area contributed by atoms with Crippen LogP contribution in [0.15, 0.2) is 18.3 Å². The molecule has 1 aromatic heterocycles. The average molecular weight is 248 g/mol. The van der Waals surface area contributed by atoms with Crippen molar-refractivity contribution < 1.29 is 0 Å². The number of aromatic nitrogens is 1. The van der Waals surface area contributed by atoms with E-state index in [2.05, 4.69) is 46.2 Å². The molecule has 0 radical (unpaired) electrons. The van der Waals surface area contributed by atoms with Gasteiger partial charge in [-0.1, -0.05) is 6.92 Å². The number of nitrogens with zero attached hydrogens (tertiary/aromatic N) is 3. The lowest BCUT2D eigenvalue weighted by Gasteiger charge is -2.32. The lowest BCUT2D eigenvalue weighted by atomic mass is 10.2. The van der Waals surface area contributed by atoms with Gasteiger partial charge in [-0.05, 0) is 31.2 Å². The number of piperazine rings is 1. The van der Waals surface area contributed by atoms with Gasteiger partial charge in [-0.15, -0.1) is 0 Å². The van der Waals surface area contributed by atoms with E-state index >= 15 is 0 Å². The highest BCUT2D eigenvalue weighted by atomic mass is 15.2. The minimum Gasteiger partial charge on any atom is -0.370 e. The lowest BCUT2D eigenvalue weighted by molar-refractivity contribution is 0.148. The van der Waals surface area contributed by atoms with E-state index in [1.54, 1.807) is 0 Å². The van der Waals surface area contributed by atoms with Crippen molar-refractivity contribution >= 4 is 5.82 Å². The van der Waals surface area contributed by atoms with E-state index in [1.807, 2.05) is 6.20 Å². The van der Waals surface area contributed by atoms with E-state index in [0.29, 0.717) is 0 Å². The maximum absolute atomic E-state index is 4.34. The molecule has 1 saturated heterocycles. The largest absolute Gasteiger partial charge is 0.370 e. The molecule has 0 aliphatic carbocycles. The van der Waals surface area contributed by atoms with Crippen LogP contribution in [0.5, 0.6) is 0 Å². The summed E-state index contributed by atoms with van der Waals surface area (Å²) in [5, 5.41) is 3.34. The van der Waals surface area contributed by atoms with Gasteiger partial charge >= 0.3 is 0 Å². The Morgan fingerprint density at radius 3 is 2.78 bits per heavy atom. The summed E-state index contributed by atoms with van der Waals surface area (Å²) in [7, 11) is 2.19. The molecule has 1 fully saturated rings. The molecule has 0 spiro atoms. The van der Waals surface area contributed by atoms with Crippen LogP contribution in [0.4, 0.5) is 5.82 Å². The van der Waals surface area contributed by atoms with Crippen molar-refractivity contribution in [2.24, 2.45) is 0 Å². The van der Waals surface area contributed by atoms with Crippen molar-refractivity contribution in [2.45, 2.75) is 19.9 Å². The second kappa shape index (κ2) is 6.71. The van der Waals surface area contributed by atoms with Crippen LogP contribution in [-0.4, -0.2) is 54.6 Å². The molecule has 0 unspecified atom stereocenters. The molecule has 18 heavy (non-hydrogen) atoms. The van der Waals surface area contributed by atoms with Gasteiger partial charge < -0.3 is 10.2 Å². The standard InChI is InChI=1S/C14H24N4/c1-3-5-15-14-11-13(4-6-16-14)12-18-9-7-17(2)8-10-18/h4,6,11H,3,5,7-10,12H2,1-2H3,(H,15,16). The van der Waals surface area contributed by atoms with Gasteiger partial charge in [-0.25, -0.2) is 4.98 Å². The summed E-state index contributed by atoms with van der Waals surface area (Å²) in [6, 6.07) is 4.30. The SMILES string of the molecule is CCCNc1cc(CN2CCN(C)CC2)ccn1. The molecule has 1 aromatic rings. The van der Waals surface area contributed by atoms with Crippen LogP contribution >= 0.6 is 0 Å². The highest BCUT2D eigenvalue weighted by Crippen LogP contribution is 2.11. The molecular weight excluding hydrogens is 224 g/mol. The van der Waals surface area contributed by atoms with Crippen molar-refractivity contribution in [3.05, 3.63) is 23.9 Å². The van der Waals surface area contributed by atoms with Gasteiger partial charge in [-0.3, -0.25) is 4.90 Å². The Bertz CT molecular complexity index is 359. The first-order chi connectivity index (χ1) is 8.78. The minimum atomic E-state index is 0.991. The molecule has 2 rings (SSSR count). The first-order valence-corrected chi connectivity index (χ1v) is 6.87. The van der Waals surface area contributed by atoms with Crippen LogP contribution in [0, 0.1) is 0 Å². The number of hydrogen-bond donors (Lipinski definition) is 1. The Morgan fingerprint density at radius 2 is 2.06 bits per heavy atom. The van der Waals surface area contributed by atoms with Gasteiger partial charge in [0.1, 0.15) is 5.82 Å². The number of rotatable bonds is 5. The molecule has 4 nitrogen and oxygen atoms in total. The summed E-state index contributed by atoms with van der Waals surface area (Å²) in [4.78, 5) is 9.24. The molecule has 0 bridgehead atoms. The summed E-state index contributed by atoms with van der Waals surface area (Å²) < 4.78 is 0. The van der Waals surface area contributed by atoms with Crippen molar-refractivity contribution in [1.29, 1.82) is 0 Å². The average Bonchev–Trinajstić information content (AvgIpc) is 2.40. The second-order valence-corrected chi connectivity index (χ2v) is 5.06. The highest BCUT2D eigenvalue weighted by molar-refractivity contribution is 5.37. The summed E-state index contributed by atoms with van der Waals surface area (Å²) in [6.45, 7) is 8.87. The zero-order valence-electron chi connectivity index (χ0n) is 11.5. The Balaban J connectivity index is 1.88. The van der Waals surface area contributed by atoms with E-state index in [-0.39, 0.29) is 0 Å². The first-order valence-electron chi connectivity index (χ1n) is 6.87. The van der Waals surface area contributed by atoms with Crippen LogP contribution in [0.25, 0.3) is 0 Å². The molecule has 0 saturated carbocycles. The van der Waals surface area contributed by atoms with Crippen molar-refractivity contribution in [1.82, 2.24) is 14.8 Å². The first kappa shape index (κ1) is 13.3. The fraction of sp³-hybridized carbons (Fsp3) is 0.643. The van der Waals surface area contributed by atoms with Gasteiger partial charge in [-0.2, -0.15) is 0 Å². The highest BCUT2D eigenvalue weighted by Gasteiger charge is 2.13. The Labute approximate surface area is 110 Å². The van der Waals surface area contributed by atoms with Gasteiger partial charge in [0.05, 0.1) is 0 Å². The number of likely N-dealkylation sites (N-methyl/N-ethyl adjacent to an activating group) is 1. The fourth-order valence-corrected chi connectivity index (χ4v) is 2.19. The van der Waals surface area contributed by atoms with E-state index in [4.69, 9.17) is 0 Å². The molecule has 100 valence electrons. The van der Waals surface area contributed by atoms with Crippen LogP contribution in [0.3, 0.4) is 0 Å². The van der Waals surface area contributed by atoms with Crippen LogP contribution in [0.1, 0.15) is 18.9 Å². The van der Waals surface area contributed by atoms with Gasteiger partial charge in [0, 0.05) is 45.5 Å². The van der Waals surface area contributed by atoms with Gasteiger partial charge in [0.15, 0.2) is 0 Å². The topological polar surface area (TPSA) is 31.4 Å². The van der Waals surface area contributed by atoms with E-state index in [1.165, 1.54) is 18.7 Å². The number of pyridine rings is 1. The summed E-state index contributed by atoms with van der Waals surface area (Å²) >= 11 is 0. The van der Waals surface area contributed by atoms with Crippen molar-refractivity contribution in [3.8, 4) is 0 Å². The maximum Gasteiger partial charge on any atom is 0.126 e. The van der Waals surface area contributed by atoms with Crippen LogP contribution in [-0.2, 0) is 6.54 Å². The van der Waals surface area contributed by atoms with E-state index in [0.717, 1.165) is 38.4 Å². The van der Waals surface area contributed by atoms with Gasteiger partial charge in [0.25, 0.3) is 0 Å². The van der Waals surface area contributed by atoms with Crippen molar-refractivity contribution in [3.63, 3.8) is 0 Å². The predicted molar refractivity (Wildman–Crippen MR) is 75.8 cm³/mol. The summed E-state index contributed by atoms with van der Waals surface area (Å²) in [5.41, 5.74) is 1.35. The summed E-state index contributed by atoms with van der Waals surface area (Å²) in [5.74, 6) is 1.00. The zero-order chi connectivity index (χ0) is 12.8. The molecular formula is C14H24N4. The Hall–Kier alpha value is -1.13. The third-order valence-electron chi connectivity index (χ3n) is 3.38. The predicted octanol–water partition coefficient (Wildman–Crippen LogP) is 1.65. The normalized spacial score (nSPS) is 17.9. The monoisotopic (exact) mass is 248 g/mol. The Kier molecular flexibility index (Phi) is 4.96. The summed E-state index contributed by atoms with van der Waals surface area (Å²) in [6.07, 6.45) is 3.04. The fourth-order valence-electron chi connectivity index (χ4n) is 2.19. The maximum atomic E-state index is 4.34. The number of hydrogen-bond acceptors (Lipinski definition) is 4. The van der Waals surface area contributed by atoms with E-state index < -0.39 is 0 Å². The molecule has 1 aliphatic rings.